The summed E-state index contributed by atoms with van der Waals surface area (Å²) < 4.78 is 21.2. The van der Waals surface area contributed by atoms with Gasteiger partial charge in [0.1, 0.15) is 42.3 Å². The fourth-order valence-corrected chi connectivity index (χ4v) is 4.30. The van der Waals surface area contributed by atoms with Gasteiger partial charge in [-0.1, -0.05) is 6.92 Å². The number of nitrogens with two attached hydrogens (primary N) is 1. The molecule has 0 bridgehead atoms. The number of phenolic OH excluding ortho intramolecular Hbond substituents is 1. The number of aliphatic hydroxyl groups excluding tert-OH is 5. The van der Waals surface area contributed by atoms with E-state index in [0.717, 1.165) is 0 Å². The summed E-state index contributed by atoms with van der Waals surface area (Å²) in [7, 11) is 0. The first-order valence-electron chi connectivity index (χ1n) is 12.0. The van der Waals surface area contributed by atoms with Gasteiger partial charge in [-0.2, -0.15) is 0 Å². The normalized spacial score (nSPS) is 35.5. The molecule has 15 nitrogen and oxygen atoms in total. The first kappa shape index (κ1) is 29.9. The van der Waals surface area contributed by atoms with Gasteiger partial charge in [-0.05, 0) is 31.2 Å². The zero-order chi connectivity index (χ0) is 28.1. The standard InChI is InChI=1S/C23H34N2O13/c1-2-5-25-14-11(7-36-23-18(30)16(28)17(29)19(38-23)20(31)32)15(27)13(37-22(14)34)8-35-21(33)10-6-9(24)3-4-12(10)26/h3-4,6,11,13-19,22-23,25-30,34H,2,5,7-8,24H2,1H3,(H,31,32)/t11-,13?,14?,15-,16+,17-,18?,19?,22+,23+/m0/s1. The molecule has 0 aliphatic carbocycles. The summed E-state index contributed by atoms with van der Waals surface area (Å²) in [5.41, 5.74) is 5.63. The van der Waals surface area contributed by atoms with Gasteiger partial charge in [-0.15, -0.1) is 0 Å². The average molecular weight is 547 g/mol. The first-order valence-corrected chi connectivity index (χ1v) is 12.0. The largest absolute Gasteiger partial charge is 0.507 e. The number of hydrogen-bond donors (Lipinski definition) is 9. The number of hydrogen-bond acceptors (Lipinski definition) is 14. The van der Waals surface area contributed by atoms with Gasteiger partial charge in [0.2, 0.25) is 0 Å². The number of carbonyl (C=O) groups is 2. The molecule has 38 heavy (non-hydrogen) atoms. The maximum Gasteiger partial charge on any atom is 0.342 e. The molecule has 10 atom stereocenters. The number of nitrogen functional groups attached to an aromatic ring is 1. The van der Waals surface area contributed by atoms with E-state index < -0.39 is 86.3 Å². The predicted molar refractivity (Wildman–Crippen MR) is 126 cm³/mol. The van der Waals surface area contributed by atoms with E-state index in [2.05, 4.69) is 5.32 Å². The number of nitrogens with one attached hydrogen (secondary N) is 1. The maximum absolute atomic E-state index is 12.4. The van der Waals surface area contributed by atoms with Crippen LogP contribution in [0.3, 0.4) is 0 Å². The summed E-state index contributed by atoms with van der Waals surface area (Å²) in [6, 6.07) is 2.90. The summed E-state index contributed by atoms with van der Waals surface area (Å²) in [6.45, 7) is 1.32. The maximum atomic E-state index is 12.4. The molecule has 214 valence electrons. The Hall–Kier alpha value is -2.60. The molecule has 2 aliphatic heterocycles. The number of esters is 1. The van der Waals surface area contributed by atoms with Crippen molar-refractivity contribution in [1.29, 1.82) is 0 Å². The molecular formula is C23H34N2O13. The Morgan fingerprint density at radius 2 is 1.74 bits per heavy atom. The second-order valence-electron chi connectivity index (χ2n) is 9.14. The molecule has 2 fully saturated rings. The number of benzene rings is 1. The molecule has 0 saturated carbocycles. The lowest BCUT2D eigenvalue weighted by Gasteiger charge is -2.44. The van der Waals surface area contributed by atoms with Crippen molar-refractivity contribution in [2.75, 3.05) is 25.5 Å². The topological polar surface area (TPSA) is 251 Å². The van der Waals surface area contributed by atoms with Crippen LogP contribution in [0, 0.1) is 5.92 Å². The number of anilines is 1. The Kier molecular flexibility index (Phi) is 10.2. The van der Waals surface area contributed by atoms with Gasteiger partial charge in [0.05, 0.1) is 18.8 Å². The van der Waals surface area contributed by atoms with Gasteiger partial charge in [-0.3, -0.25) is 0 Å². The van der Waals surface area contributed by atoms with E-state index in [1.54, 1.807) is 0 Å². The Bertz CT molecular complexity index is 965. The third-order valence-electron chi connectivity index (χ3n) is 6.42. The molecular weight excluding hydrogens is 512 g/mol. The summed E-state index contributed by atoms with van der Waals surface area (Å²) in [5, 5.41) is 73.8. The minimum absolute atomic E-state index is 0.205. The molecule has 2 aliphatic rings. The van der Waals surface area contributed by atoms with Crippen LogP contribution in [0.4, 0.5) is 5.69 Å². The highest BCUT2D eigenvalue weighted by molar-refractivity contribution is 5.93. The molecule has 15 heteroatoms. The summed E-state index contributed by atoms with van der Waals surface area (Å²) >= 11 is 0. The molecule has 2 saturated heterocycles. The van der Waals surface area contributed by atoms with Crippen LogP contribution in [0.5, 0.6) is 5.75 Å². The smallest absolute Gasteiger partial charge is 0.342 e. The summed E-state index contributed by atoms with van der Waals surface area (Å²) in [5.74, 6) is -3.88. The van der Waals surface area contributed by atoms with E-state index in [-0.39, 0.29) is 17.0 Å². The number of aromatic hydroxyl groups is 1. The number of carboxylic acid groups (broad SMARTS) is 1. The van der Waals surface area contributed by atoms with Crippen molar-refractivity contribution in [1.82, 2.24) is 5.32 Å². The molecule has 1 aromatic rings. The second-order valence-corrected chi connectivity index (χ2v) is 9.14. The van der Waals surface area contributed by atoms with Crippen molar-refractivity contribution < 1.29 is 64.3 Å². The van der Waals surface area contributed by atoms with Crippen molar-refractivity contribution in [3.05, 3.63) is 23.8 Å². The van der Waals surface area contributed by atoms with Gasteiger partial charge in [0.25, 0.3) is 0 Å². The fraction of sp³-hybridized carbons (Fsp3) is 0.652. The number of carboxylic acids is 1. The number of aliphatic hydroxyl groups is 5. The molecule has 4 unspecified atom stereocenters. The molecule has 0 spiro atoms. The van der Waals surface area contributed by atoms with E-state index in [1.807, 2.05) is 6.92 Å². The molecule has 0 amide bonds. The number of rotatable bonds is 10. The van der Waals surface area contributed by atoms with E-state index in [4.69, 9.17) is 24.7 Å². The van der Waals surface area contributed by atoms with Crippen LogP contribution in [0.15, 0.2) is 18.2 Å². The average Bonchev–Trinajstić information content (AvgIpc) is 2.87. The van der Waals surface area contributed by atoms with Gasteiger partial charge < -0.3 is 65.7 Å². The van der Waals surface area contributed by atoms with Crippen molar-refractivity contribution in [2.24, 2.45) is 5.92 Å². The van der Waals surface area contributed by atoms with Crippen LogP contribution in [-0.2, 0) is 23.7 Å². The van der Waals surface area contributed by atoms with E-state index >= 15 is 0 Å². The third-order valence-corrected chi connectivity index (χ3v) is 6.42. The minimum atomic E-state index is -1.91. The molecule has 0 aromatic heterocycles. The zero-order valence-electron chi connectivity index (χ0n) is 20.5. The highest BCUT2D eigenvalue weighted by atomic mass is 16.7. The third kappa shape index (κ3) is 6.69. The van der Waals surface area contributed by atoms with Crippen LogP contribution in [0.2, 0.25) is 0 Å². The van der Waals surface area contributed by atoms with Crippen LogP contribution in [0.1, 0.15) is 23.7 Å². The lowest BCUT2D eigenvalue weighted by molar-refractivity contribution is -0.305. The molecule has 1 aromatic carbocycles. The Morgan fingerprint density at radius 1 is 1.03 bits per heavy atom. The number of aliphatic carboxylic acids is 1. The molecule has 10 N–H and O–H groups in total. The SMILES string of the molecule is CCCNC1[C@H](O)OC(COC(=O)c2cc(N)ccc2O)[C@@H](O)[C@H]1CO[C@@H]1OC(C(=O)O)[C@@H](O)[C@@H](O)C1O. The number of phenols is 1. The Labute approximate surface area is 217 Å². The van der Waals surface area contributed by atoms with Crippen molar-refractivity contribution >= 4 is 17.6 Å². The Balaban J connectivity index is 1.71. The lowest BCUT2D eigenvalue weighted by Crippen LogP contribution is -2.63. The van der Waals surface area contributed by atoms with Crippen LogP contribution in [0.25, 0.3) is 0 Å². The Morgan fingerprint density at radius 3 is 2.39 bits per heavy atom. The molecule has 2 heterocycles. The number of carbonyl (C=O) groups excluding carboxylic acids is 1. The highest BCUT2D eigenvalue weighted by Crippen LogP contribution is 2.29. The summed E-state index contributed by atoms with van der Waals surface area (Å²) in [4.78, 5) is 23.8. The van der Waals surface area contributed by atoms with Gasteiger partial charge in [0, 0.05) is 11.6 Å². The van der Waals surface area contributed by atoms with E-state index in [9.17, 15) is 45.3 Å². The van der Waals surface area contributed by atoms with Gasteiger partial charge in [-0.25, -0.2) is 9.59 Å². The fourth-order valence-electron chi connectivity index (χ4n) is 4.30. The zero-order valence-corrected chi connectivity index (χ0v) is 20.5. The van der Waals surface area contributed by atoms with E-state index in [0.29, 0.717) is 13.0 Å². The van der Waals surface area contributed by atoms with Crippen molar-refractivity contribution in [3.8, 4) is 5.75 Å². The van der Waals surface area contributed by atoms with Crippen LogP contribution >= 0.6 is 0 Å². The number of ether oxygens (including phenoxy) is 4. The van der Waals surface area contributed by atoms with Gasteiger partial charge in [0.15, 0.2) is 18.7 Å². The highest BCUT2D eigenvalue weighted by Gasteiger charge is 2.49. The lowest BCUT2D eigenvalue weighted by atomic mass is 9.87. The van der Waals surface area contributed by atoms with Crippen LogP contribution < -0.4 is 11.1 Å². The first-order chi connectivity index (χ1) is 18.0. The van der Waals surface area contributed by atoms with Gasteiger partial charge >= 0.3 is 11.9 Å². The van der Waals surface area contributed by atoms with Crippen molar-refractivity contribution in [2.45, 2.75) is 68.6 Å². The van der Waals surface area contributed by atoms with E-state index in [1.165, 1.54) is 18.2 Å². The second kappa shape index (κ2) is 13.0. The minimum Gasteiger partial charge on any atom is -0.507 e. The molecule has 0 radical (unpaired) electrons. The molecule has 3 rings (SSSR count). The monoisotopic (exact) mass is 546 g/mol. The predicted octanol–water partition coefficient (Wildman–Crippen LogP) is -2.90. The van der Waals surface area contributed by atoms with Crippen molar-refractivity contribution in [3.63, 3.8) is 0 Å². The van der Waals surface area contributed by atoms with Crippen LogP contribution in [-0.4, -0.2) is 123 Å². The quantitative estimate of drug-likeness (QED) is 0.0811. The summed E-state index contributed by atoms with van der Waals surface area (Å²) in [6.07, 6.45) is -12.7.